The van der Waals surface area contributed by atoms with Crippen molar-refractivity contribution < 1.29 is 13.3 Å². The molecule has 22 heavy (non-hydrogen) atoms. The highest BCUT2D eigenvalue weighted by atomic mass is 35.5. The van der Waals surface area contributed by atoms with Gasteiger partial charge in [0.25, 0.3) is 10.0 Å². The van der Waals surface area contributed by atoms with E-state index in [9.17, 15) is 18.5 Å². The summed E-state index contributed by atoms with van der Waals surface area (Å²) in [5, 5.41) is 10.6. The Hall–Kier alpha value is -2.52. The van der Waals surface area contributed by atoms with Crippen LogP contribution < -0.4 is 0 Å². The average molecular weight is 339 g/mol. The van der Waals surface area contributed by atoms with E-state index in [1.54, 1.807) is 18.2 Å². The van der Waals surface area contributed by atoms with Gasteiger partial charge in [-0.1, -0.05) is 29.8 Å². The van der Waals surface area contributed by atoms with Gasteiger partial charge in [0.15, 0.2) is 5.65 Å². The van der Waals surface area contributed by atoms with Gasteiger partial charge in [-0.15, -0.1) is 0 Å². The molecule has 0 saturated heterocycles. The number of hydrogen-bond acceptors (Lipinski definition) is 6. The SMILES string of the molecule is O=[N+]([O-])c1cnc2c(ncn2S(=O)(=O)c2ccccc2)c1Cl. The molecular formula is C12H7ClN4O4S. The fourth-order valence-corrected chi connectivity index (χ4v) is 3.42. The van der Waals surface area contributed by atoms with Crippen LogP contribution in [0.1, 0.15) is 0 Å². The van der Waals surface area contributed by atoms with E-state index < -0.39 is 20.6 Å². The van der Waals surface area contributed by atoms with Crippen molar-refractivity contribution in [3.63, 3.8) is 0 Å². The van der Waals surface area contributed by atoms with E-state index in [0.717, 1.165) is 16.5 Å². The van der Waals surface area contributed by atoms with E-state index in [0.29, 0.717) is 0 Å². The summed E-state index contributed by atoms with van der Waals surface area (Å²) in [7, 11) is -3.91. The van der Waals surface area contributed by atoms with Crippen molar-refractivity contribution in [2.24, 2.45) is 0 Å². The first-order valence-electron chi connectivity index (χ1n) is 5.89. The van der Waals surface area contributed by atoms with Crippen molar-refractivity contribution in [3.05, 3.63) is 58.0 Å². The molecule has 2 heterocycles. The smallest absolute Gasteiger partial charge is 0.258 e. The average Bonchev–Trinajstić information content (AvgIpc) is 2.93. The second-order valence-corrected chi connectivity index (χ2v) is 6.44. The van der Waals surface area contributed by atoms with Crippen molar-refractivity contribution in [3.8, 4) is 0 Å². The van der Waals surface area contributed by atoms with Crippen LogP contribution in [0.5, 0.6) is 0 Å². The van der Waals surface area contributed by atoms with Crippen molar-refractivity contribution in [2.45, 2.75) is 4.90 Å². The maximum atomic E-state index is 12.5. The lowest BCUT2D eigenvalue weighted by atomic mass is 10.4. The Morgan fingerprint density at radius 1 is 1.18 bits per heavy atom. The van der Waals surface area contributed by atoms with Gasteiger partial charge in [0.05, 0.1) is 9.82 Å². The van der Waals surface area contributed by atoms with E-state index in [1.807, 2.05) is 0 Å². The molecule has 0 bridgehead atoms. The largest absolute Gasteiger partial charge is 0.308 e. The molecule has 1 aromatic carbocycles. The van der Waals surface area contributed by atoms with Gasteiger partial charge in [-0.25, -0.2) is 22.4 Å². The van der Waals surface area contributed by atoms with E-state index in [1.165, 1.54) is 12.1 Å². The molecule has 112 valence electrons. The summed E-state index contributed by atoms with van der Waals surface area (Å²) in [5.74, 6) is 0. The maximum absolute atomic E-state index is 12.5. The third-order valence-electron chi connectivity index (χ3n) is 2.95. The summed E-state index contributed by atoms with van der Waals surface area (Å²) >= 11 is 5.89. The fraction of sp³-hybridized carbons (Fsp3) is 0. The predicted molar refractivity (Wildman–Crippen MR) is 78.2 cm³/mol. The van der Waals surface area contributed by atoms with Crippen LogP contribution in [-0.2, 0) is 10.0 Å². The summed E-state index contributed by atoms with van der Waals surface area (Å²) in [6, 6.07) is 7.69. The standard InChI is InChI=1S/C12H7ClN4O4S/c13-10-9(17(18)19)6-14-12-11(10)15-7-16(12)22(20,21)8-4-2-1-3-5-8/h1-7H. The minimum absolute atomic E-state index is 0.0460. The molecule has 0 N–H and O–H groups in total. The minimum Gasteiger partial charge on any atom is -0.258 e. The molecule has 0 unspecified atom stereocenters. The van der Waals surface area contributed by atoms with Crippen LogP contribution in [0.15, 0.2) is 47.8 Å². The van der Waals surface area contributed by atoms with Crippen LogP contribution in [0.25, 0.3) is 11.2 Å². The van der Waals surface area contributed by atoms with Crippen LogP contribution in [0.2, 0.25) is 5.02 Å². The van der Waals surface area contributed by atoms with Gasteiger partial charge in [0.1, 0.15) is 23.1 Å². The normalized spacial score (nSPS) is 11.7. The lowest BCUT2D eigenvalue weighted by Gasteiger charge is -2.05. The molecular weight excluding hydrogens is 332 g/mol. The molecule has 0 radical (unpaired) electrons. The number of aromatic nitrogens is 3. The van der Waals surface area contributed by atoms with Crippen molar-refractivity contribution >= 4 is 38.5 Å². The first kappa shape index (κ1) is 14.4. The first-order valence-corrected chi connectivity index (χ1v) is 7.71. The highest BCUT2D eigenvalue weighted by Crippen LogP contribution is 2.31. The number of pyridine rings is 1. The van der Waals surface area contributed by atoms with E-state index in [2.05, 4.69) is 9.97 Å². The van der Waals surface area contributed by atoms with E-state index in [4.69, 9.17) is 11.6 Å². The first-order chi connectivity index (χ1) is 10.4. The second-order valence-electron chi connectivity index (χ2n) is 4.25. The third kappa shape index (κ3) is 2.11. The molecule has 0 fully saturated rings. The predicted octanol–water partition coefficient (Wildman–Crippen LogP) is 2.23. The second kappa shape index (κ2) is 5.04. The molecule has 0 aliphatic rings. The molecule has 0 amide bonds. The van der Waals surface area contributed by atoms with Gasteiger partial charge in [0.2, 0.25) is 0 Å². The van der Waals surface area contributed by atoms with Crippen LogP contribution >= 0.6 is 11.6 Å². The van der Waals surface area contributed by atoms with Crippen molar-refractivity contribution in [1.29, 1.82) is 0 Å². The molecule has 2 aromatic heterocycles. The Kier molecular flexibility index (Phi) is 3.30. The Balaban J connectivity index is 2.26. The highest BCUT2D eigenvalue weighted by molar-refractivity contribution is 7.90. The van der Waals surface area contributed by atoms with Crippen LogP contribution in [-0.4, -0.2) is 27.3 Å². The number of imidazole rings is 1. The van der Waals surface area contributed by atoms with Gasteiger partial charge in [0, 0.05) is 0 Å². The summed E-state index contributed by atoms with van der Waals surface area (Å²) in [5.41, 5.74) is -0.550. The topological polar surface area (TPSA) is 108 Å². The number of halogens is 1. The molecule has 3 aromatic rings. The summed E-state index contributed by atoms with van der Waals surface area (Å²) in [4.78, 5) is 17.8. The lowest BCUT2D eigenvalue weighted by molar-refractivity contribution is -0.384. The van der Waals surface area contributed by atoms with Crippen LogP contribution in [0, 0.1) is 10.1 Å². The Bertz CT molecular complexity index is 985. The van der Waals surface area contributed by atoms with Gasteiger partial charge >= 0.3 is 5.69 Å². The number of rotatable bonds is 3. The molecule has 0 saturated carbocycles. The zero-order valence-electron chi connectivity index (χ0n) is 10.7. The molecule has 10 heteroatoms. The van der Waals surface area contributed by atoms with Crippen molar-refractivity contribution in [2.75, 3.05) is 0 Å². The Morgan fingerprint density at radius 3 is 2.50 bits per heavy atom. The summed E-state index contributed by atoms with van der Waals surface area (Å²) in [6.07, 6.45) is 1.93. The van der Waals surface area contributed by atoms with Gasteiger partial charge < -0.3 is 0 Å². The zero-order valence-corrected chi connectivity index (χ0v) is 12.3. The fourth-order valence-electron chi connectivity index (χ4n) is 1.91. The summed E-state index contributed by atoms with van der Waals surface area (Å²) < 4.78 is 25.9. The third-order valence-corrected chi connectivity index (χ3v) is 4.98. The quantitative estimate of drug-likeness (QED) is 0.535. The van der Waals surface area contributed by atoms with Gasteiger partial charge in [-0.2, -0.15) is 0 Å². The van der Waals surface area contributed by atoms with Crippen molar-refractivity contribution in [1.82, 2.24) is 13.9 Å². The van der Waals surface area contributed by atoms with Crippen LogP contribution in [0.3, 0.4) is 0 Å². The Labute approximate surface area is 129 Å². The molecule has 0 atom stereocenters. The number of fused-ring (bicyclic) bond motifs is 1. The number of benzene rings is 1. The highest BCUT2D eigenvalue weighted by Gasteiger charge is 2.25. The minimum atomic E-state index is -3.91. The van der Waals surface area contributed by atoms with E-state index in [-0.39, 0.29) is 21.1 Å². The van der Waals surface area contributed by atoms with Gasteiger partial charge in [-0.05, 0) is 12.1 Å². The Morgan fingerprint density at radius 2 is 1.86 bits per heavy atom. The molecule has 3 rings (SSSR count). The molecule has 0 spiro atoms. The molecule has 0 aliphatic heterocycles. The maximum Gasteiger partial charge on any atom is 0.308 e. The zero-order chi connectivity index (χ0) is 15.9. The number of hydrogen-bond donors (Lipinski definition) is 0. The lowest BCUT2D eigenvalue weighted by Crippen LogP contribution is -2.12. The molecule has 8 nitrogen and oxygen atoms in total. The number of nitrogens with zero attached hydrogens (tertiary/aromatic N) is 4. The van der Waals surface area contributed by atoms with Gasteiger partial charge in [-0.3, -0.25) is 10.1 Å². The molecule has 0 aliphatic carbocycles. The summed E-state index contributed by atoms with van der Waals surface area (Å²) in [6.45, 7) is 0. The van der Waals surface area contributed by atoms with Crippen LogP contribution in [0.4, 0.5) is 5.69 Å². The van der Waals surface area contributed by atoms with E-state index >= 15 is 0 Å². The monoisotopic (exact) mass is 338 g/mol. The number of nitro groups is 1.